The first-order valence-corrected chi connectivity index (χ1v) is 5.57. The summed E-state index contributed by atoms with van der Waals surface area (Å²) < 4.78 is 19.0. The lowest BCUT2D eigenvalue weighted by Crippen LogP contribution is -2.51. The van der Waals surface area contributed by atoms with Crippen LogP contribution in [0.3, 0.4) is 0 Å². The van der Waals surface area contributed by atoms with Gasteiger partial charge in [0.25, 0.3) is 0 Å². The highest BCUT2D eigenvalue weighted by atomic mass is 31.2. The largest absolute Gasteiger partial charge is 0.469 e. The Hall–Kier alpha value is -0.0500. The topological polar surface area (TPSA) is 137 Å². The second kappa shape index (κ2) is 3.76. The molecule has 0 unspecified atom stereocenters. The zero-order valence-corrected chi connectivity index (χ0v) is 8.79. The van der Waals surface area contributed by atoms with Gasteiger partial charge >= 0.3 is 7.82 Å². The van der Waals surface area contributed by atoms with Crippen LogP contribution in [-0.2, 0) is 13.8 Å². The van der Waals surface area contributed by atoms with Crippen molar-refractivity contribution in [1.82, 2.24) is 0 Å². The summed E-state index contributed by atoms with van der Waals surface area (Å²) in [6, 6.07) is 0. The Morgan fingerprint density at radius 2 is 2.07 bits per heavy atom. The molecule has 0 radical (unpaired) electrons. The molecule has 9 heteroatoms. The first-order chi connectivity index (χ1) is 6.57. The molecule has 0 aliphatic carbocycles. The van der Waals surface area contributed by atoms with Crippen LogP contribution < -0.4 is 0 Å². The van der Waals surface area contributed by atoms with E-state index in [1.165, 1.54) is 6.92 Å². The van der Waals surface area contributed by atoms with Crippen molar-refractivity contribution in [2.75, 3.05) is 13.2 Å². The third-order valence-corrected chi connectivity index (χ3v) is 2.54. The highest BCUT2D eigenvalue weighted by Crippen LogP contribution is 2.40. The lowest BCUT2D eigenvalue weighted by atomic mass is 9.97. The SMILES string of the molecule is C[C@@]1(O)CO[C@@](O)(COP(=O)(O)O)[C@@H]1O. The number of aliphatic hydroxyl groups is 3. The maximum Gasteiger partial charge on any atom is 0.469 e. The van der Waals surface area contributed by atoms with Crippen LogP contribution in [0.2, 0.25) is 0 Å². The van der Waals surface area contributed by atoms with Crippen LogP contribution in [0.1, 0.15) is 6.92 Å². The fourth-order valence-electron chi connectivity index (χ4n) is 1.21. The van der Waals surface area contributed by atoms with Crippen molar-refractivity contribution in [1.29, 1.82) is 0 Å². The molecule has 0 aromatic carbocycles. The van der Waals surface area contributed by atoms with Gasteiger partial charge in [-0.25, -0.2) is 4.57 Å². The number of hydrogen-bond acceptors (Lipinski definition) is 6. The summed E-state index contributed by atoms with van der Waals surface area (Å²) >= 11 is 0. The van der Waals surface area contributed by atoms with E-state index in [4.69, 9.17) is 9.79 Å². The van der Waals surface area contributed by atoms with Gasteiger partial charge in [-0.2, -0.15) is 0 Å². The molecule has 0 bridgehead atoms. The van der Waals surface area contributed by atoms with Gasteiger partial charge in [-0.1, -0.05) is 0 Å². The quantitative estimate of drug-likeness (QED) is 0.357. The summed E-state index contributed by atoms with van der Waals surface area (Å²) in [5.41, 5.74) is -1.69. The summed E-state index contributed by atoms with van der Waals surface area (Å²) in [4.78, 5) is 16.8. The molecule has 0 aromatic heterocycles. The van der Waals surface area contributed by atoms with E-state index in [9.17, 15) is 19.9 Å². The van der Waals surface area contributed by atoms with E-state index in [0.29, 0.717) is 0 Å². The zero-order chi connectivity index (χ0) is 11.9. The summed E-state index contributed by atoms with van der Waals surface area (Å²) in [5.74, 6) is -2.31. The molecule has 1 aliphatic heterocycles. The molecule has 1 fully saturated rings. The number of phosphoric acid groups is 1. The Morgan fingerprint density at radius 1 is 1.53 bits per heavy atom. The van der Waals surface area contributed by atoms with Gasteiger partial charge in [-0.3, -0.25) is 4.52 Å². The Labute approximate surface area is 85.3 Å². The van der Waals surface area contributed by atoms with Crippen molar-refractivity contribution in [2.24, 2.45) is 0 Å². The van der Waals surface area contributed by atoms with E-state index in [1.807, 2.05) is 0 Å². The predicted octanol–water partition coefficient (Wildman–Crippen LogP) is -2.07. The monoisotopic (exact) mass is 244 g/mol. The van der Waals surface area contributed by atoms with Gasteiger partial charge < -0.3 is 29.8 Å². The lowest BCUT2D eigenvalue weighted by molar-refractivity contribution is -0.234. The van der Waals surface area contributed by atoms with Gasteiger partial charge in [0.2, 0.25) is 5.79 Å². The van der Waals surface area contributed by atoms with E-state index in [1.54, 1.807) is 0 Å². The van der Waals surface area contributed by atoms with Crippen LogP contribution >= 0.6 is 7.82 Å². The molecule has 1 heterocycles. The maximum absolute atomic E-state index is 10.4. The van der Waals surface area contributed by atoms with Gasteiger partial charge in [0.15, 0.2) is 0 Å². The first kappa shape index (κ1) is 13.0. The van der Waals surface area contributed by atoms with Gasteiger partial charge in [-0.05, 0) is 6.92 Å². The van der Waals surface area contributed by atoms with Crippen LogP contribution in [0.15, 0.2) is 0 Å². The molecule has 5 N–H and O–H groups in total. The molecular weight excluding hydrogens is 231 g/mol. The lowest BCUT2D eigenvalue weighted by Gasteiger charge is -2.28. The van der Waals surface area contributed by atoms with Crippen molar-refractivity contribution in [2.45, 2.75) is 24.4 Å². The number of hydrogen-bond donors (Lipinski definition) is 5. The number of ether oxygens (including phenoxy) is 1. The molecule has 3 atom stereocenters. The molecular formula is C6H13O8P. The molecule has 0 spiro atoms. The van der Waals surface area contributed by atoms with Crippen molar-refractivity contribution in [3.63, 3.8) is 0 Å². The van der Waals surface area contributed by atoms with E-state index in [-0.39, 0.29) is 6.61 Å². The molecule has 0 amide bonds. The minimum Gasteiger partial charge on any atom is -0.385 e. The molecule has 0 aromatic rings. The summed E-state index contributed by atoms with van der Waals surface area (Å²) in [5, 5.41) is 28.4. The van der Waals surface area contributed by atoms with Gasteiger partial charge in [0.05, 0.1) is 6.61 Å². The third kappa shape index (κ3) is 2.96. The zero-order valence-electron chi connectivity index (χ0n) is 7.90. The van der Waals surface area contributed by atoms with E-state index >= 15 is 0 Å². The first-order valence-electron chi connectivity index (χ1n) is 4.04. The highest BCUT2D eigenvalue weighted by molar-refractivity contribution is 7.46. The van der Waals surface area contributed by atoms with E-state index in [0.717, 1.165) is 0 Å². The van der Waals surface area contributed by atoms with Crippen LogP contribution in [0, 0.1) is 0 Å². The number of phosphoric ester groups is 1. The fraction of sp³-hybridized carbons (Fsp3) is 1.00. The van der Waals surface area contributed by atoms with Crippen LogP contribution in [0.4, 0.5) is 0 Å². The van der Waals surface area contributed by atoms with Crippen molar-refractivity contribution >= 4 is 7.82 Å². The average Bonchev–Trinajstić information content (AvgIpc) is 2.27. The summed E-state index contributed by atoms with van der Waals surface area (Å²) in [7, 11) is -4.76. The number of aliphatic hydroxyl groups excluding tert-OH is 1. The standard InChI is InChI=1S/C6H13O8P/c1-5(8)2-13-6(9,4(5)7)3-14-15(10,11)12/h4,7-9H,2-3H2,1H3,(H2,10,11,12)/t4-,5-,6+/m1/s1. The Kier molecular flexibility index (Phi) is 3.26. The molecule has 8 nitrogen and oxygen atoms in total. The van der Waals surface area contributed by atoms with Crippen molar-refractivity contribution in [3.05, 3.63) is 0 Å². The van der Waals surface area contributed by atoms with Crippen molar-refractivity contribution in [3.8, 4) is 0 Å². The average molecular weight is 244 g/mol. The molecule has 1 aliphatic rings. The van der Waals surface area contributed by atoms with Gasteiger partial charge in [-0.15, -0.1) is 0 Å². The van der Waals surface area contributed by atoms with Gasteiger partial charge in [0, 0.05) is 0 Å². The molecule has 0 saturated carbocycles. The summed E-state index contributed by atoms with van der Waals surface area (Å²) in [6.07, 6.45) is -1.71. The highest BCUT2D eigenvalue weighted by Gasteiger charge is 2.55. The van der Waals surface area contributed by atoms with Crippen LogP contribution in [-0.4, -0.2) is 55.8 Å². The van der Waals surface area contributed by atoms with E-state index < -0.39 is 31.9 Å². The Balaban J connectivity index is 2.66. The molecule has 1 rings (SSSR count). The van der Waals surface area contributed by atoms with E-state index in [2.05, 4.69) is 9.26 Å². The molecule has 90 valence electrons. The predicted molar refractivity (Wildman–Crippen MR) is 45.5 cm³/mol. The van der Waals surface area contributed by atoms with Crippen molar-refractivity contribution < 1.29 is 38.9 Å². The van der Waals surface area contributed by atoms with Crippen LogP contribution in [0.5, 0.6) is 0 Å². The third-order valence-electron chi connectivity index (χ3n) is 2.07. The Bertz CT molecular complexity index is 285. The molecule has 15 heavy (non-hydrogen) atoms. The van der Waals surface area contributed by atoms with Gasteiger partial charge in [0.1, 0.15) is 18.3 Å². The van der Waals surface area contributed by atoms with Crippen LogP contribution in [0.25, 0.3) is 0 Å². The number of rotatable bonds is 3. The Morgan fingerprint density at radius 3 is 2.40 bits per heavy atom. The second-order valence-electron chi connectivity index (χ2n) is 3.66. The smallest absolute Gasteiger partial charge is 0.385 e. The maximum atomic E-state index is 10.4. The minimum absolute atomic E-state index is 0.366. The normalized spacial score (nSPS) is 42.1. The summed E-state index contributed by atoms with van der Waals surface area (Å²) in [6.45, 7) is -0.0864. The minimum atomic E-state index is -4.76. The fourth-order valence-corrected chi connectivity index (χ4v) is 1.57. The molecule has 1 saturated heterocycles. The second-order valence-corrected chi connectivity index (χ2v) is 4.90.